The van der Waals surface area contributed by atoms with Crippen LogP contribution in [0.5, 0.6) is 11.5 Å². The number of ether oxygens (including phenoxy) is 2. The number of fused-ring (bicyclic) bond motifs is 2. The lowest BCUT2D eigenvalue weighted by Crippen LogP contribution is -2.15. The maximum atomic E-state index is 5.75. The van der Waals surface area contributed by atoms with Crippen molar-refractivity contribution in [3.63, 3.8) is 0 Å². The van der Waals surface area contributed by atoms with Crippen LogP contribution in [0.15, 0.2) is 12.1 Å². The number of benzene rings is 1. The maximum Gasteiger partial charge on any atom is 0.162 e. The van der Waals surface area contributed by atoms with E-state index in [-0.39, 0.29) is 0 Å². The van der Waals surface area contributed by atoms with E-state index in [9.17, 15) is 0 Å². The summed E-state index contributed by atoms with van der Waals surface area (Å²) in [5.74, 6) is 1.81. The standard InChI is InChI=1S/C17H21NO2S/c1-2-3-12-13-8-14-15(20-7-6-19-14)9-16(13)21-17(12)10-18-11-4-5-11/h8-9,11,18H,2-7,10H2,1H3. The summed E-state index contributed by atoms with van der Waals surface area (Å²) in [6.45, 7) is 4.56. The van der Waals surface area contributed by atoms with Crippen LogP contribution in [0, 0.1) is 0 Å². The van der Waals surface area contributed by atoms with Gasteiger partial charge in [0.25, 0.3) is 0 Å². The largest absolute Gasteiger partial charge is 0.486 e. The van der Waals surface area contributed by atoms with Gasteiger partial charge in [0.05, 0.1) is 0 Å². The number of rotatable bonds is 5. The second kappa shape index (κ2) is 5.50. The van der Waals surface area contributed by atoms with Gasteiger partial charge in [0.15, 0.2) is 11.5 Å². The van der Waals surface area contributed by atoms with E-state index in [1.165, 1.54) is 39.8 Å². The van der Waals surface area contributed by atoms with E-state index in [1.54, 1.807) is 0 Å². The van der Waals surface area contributed by atoms with Crippen LogP contribution in [-0.4, -0.2) is 19.3 Å². The molecular weight excluding hydrogens is 282 g/mol. The van der Waals surface area contributed by atoms with Crippen LogP contribution in [0.25, 0.3) is 10.1 Å². The summed E-state index contributed by atoms with van der Waals surface area (Å²) in [5.41, 5.74) is 1.50. The smallest absolute Gasteiger partial charge is 0.162 e. The van der Waals surface area contributed by atoms with E-state index in [0.717, 1.165) is 30.5 Å². The zero-order valence-corrected chi connectivity index (χ0v) is 13.2. The summed E-state index contributed by atoms with van der Waals surface area (Å²) in [5, 5.41) is 5.01. The van der Waals surface area contributed by atoms with E-state index in [0.29, 0.717) is 13.2 Å². The lowest BCUT2D eigenvalue weighted by Gasteiger charge is -2.18. The highest BCUT2D eigenvalue weighted by atomic mass is 32.1. The molecule has 21 heavy (non-hydrogen) atoms. The number of hydrogen-bond donors (Lipinski definition) is 1. The SMILES string of the molecule is CCCc1c(CNC2CC2)sc2cc3c(cc12)OCCO3. The van der Waals surface area contributed by atoms with Crippen molar-refractivity contribution >= 4 is 21.4 Å². The average Bonchev–Trinajstić information content (AvgIpc) is 3.28. The lowest BCUT2D eigenvalue weighted by atomic mass is 10.1. The highest BCUT2D eigenvalue weighted by Crippen LogP contribution is 2.41. The van der Waals surface area contributed by atoms with Crippen molar-refractivity contribution in [3.05, 3.63) is 22.6 Å². The Morgan fingerprint density at radius 1 is 1.19 bits per heavy atom. The number of hydrogen-bond acceptors (Lipinski definition) is 4. The average molecular weight is 303 g/mol. The Bertz CT molecular complexity index is 660. The van der Waals surface area contributed by atoms with Crippen LogP contribution in [0.4, 0.5) is 0 Å². The van der Waals surface area contributed by atoms with Gasteiger partial charge < -0.3 is 14.8 Å². The minimum absolute atomic E-state index is 0.655. The van der Waals surface area contributed by atoms with E-state index >= 15 is 0 Å². The molecule has 2 aromatic rings. The summed E-state index contributed by atoms with van der Waals surface area (Å²) < 4.78 is 12.8. The number of thiophene rings is 1. The Balaban J connectivity index is 1.74. The molecular formula is C17H21NO2S. The molecule has 0 bridgehead atoms. The molecule has 0 spiro atoms. The number of nitrogens with one attached hydrogen (secondary N) is 1. The second-order valence-corrected chi connectivity index (χ2v) is 7.04. The first kappa shape index (κ1) is 13.4. The molecule has 1 saturated carbocycles. The van der Waals surface area contributed by atoms with Gasteiger partial charge in [0.1, 0.15) is 13.2 Å². The third-order valence-electron chi connectivity index (χ3n) is 4.17. The van der Waals surface area contributed by atoms with Crippen LogP contribution in [0.3, 0.4) is 0 Å². The van der Waals surface area contributed by atoms with Crippen molar-refractivity contribution < 1.29 is 9.47 Å². The van der Waals surface area contributed by atoms with E-state index in [4.69, 9.17) is 9.47 Å². The summed E-state index contributed by atoms with van der Waals surface area (Å²) in [7, 11) is 0. The minimum Gasteiger partial charge on any atom is -0.486 e. The van der Waals surface area contributed by atoms with Crippen molar-refractivity contribution in [2.75, 3.05) is 13.2 Å². The first-order valence-corrected chi connectivity index (χ1v) is 8.74. The molecule has 1 fully saturated rings. The fraction of sp³-hybridized carbons (Fsp3) is 0.529. The Morgan fingerprint density at radius 3 is 2.67 bits per heavy atom. The van der Waals surface area contributed by atoms with Crippen LogP contribution in [-0.2, 0) is 13.0 Å². The first-order valence-electron chi connectivity index (χ1n) is 7.92. The Hall–Kier alpha value is -1.26. The van der Waals surface area contributed by atoms with Gasteiger partial charge in [-0.05, 0) is 36.3 Å². The Morgan fingerprint density at radius 2 is 1.95 bits per heavy atom. The third kappa shape index (κ3) is 2.62. The molecule has 112 valence electrons. The van der Waals surface area contributed by atoms with Crippen molar-refractivity contribution in [2.24, 2.45) is 0 Å². The molecule has 1 aromatic heterocycles. The van der Waals surface area contributed by atoms with Crippen LogP contribution < -0.4 is 14.8 Å². The summed E-state index contributed by atoms with van der Waals surface area (Å²) in [6.07, 6.45) is 4.99. The summed E-state index contributed by atoms with van der Waals surface area (Å²) >= 11 is 1.91. The molecule has 1 aliphatic heterocycles. The van der Waals surface area contributed by atoms with Gasteiger partial charge in [-0.15, -0.1) is 11.3 Å². The molecule has 0 atom stereocenters. The molecule has 2 heterocycles. The van der Waals surface area contributed by atoms with Crippen LogP contribution in [0.1, 0.15) is 36.6 Å². The Labute approximate surface area is 129 Å². The molecule has 4 heteroatoms. The predicted octanol–water partition coefficient (Wildman–Crippen LogP) is 3.88. The summed E-state index contributed by atoms with van der Waals surface area (Å²) in [6, 6.07) is 5.10. The van der Waals surface area contributed by atoms with Gasteiger partial charge >= 0.3 is 0 Å². The van der Waals surface area contributed by atoms with E-state index in [1.807, 2.05) is 11.3 Å². The number of aryl methyl sites for hydroxylation is 1. The van der Waals surface area contributed by atoms with E-state index in [2.05, 4.69) is 24.4 Å². The predicted molar refractivity (Wildman–Crippen MR) is 86.7 cm³/mol. The van der Waals surface area contributed by atoms with Gasteiger partial charge in [0, 0.05) is 28.2 Å². The van der Waals surface area contributed by atoms with Gasteiger partial charge in [-0.1, -0.05) is 13.3 Å². The molecule has 0 saturated heterocycles. The molecule has 0 unspecified atom stereocenters. The molecule has 1 aromatic carbocycles. The first-order chi connectivity index (χ1) is 10.3. The highest BCUT2D eigenvalue weighted by molar-refractivity contribution is 7.19. The molecule has 4 rings (SSSR count). The van der Waals surface area contributed by atoms with Crippen LogP contribution >= 0.6 is 11.3 Å². The zero-order chi connectivity index (χ0) is 14.2. The van der Waals surface area contributed by atoms with Gasteiger partial charge in [0.2, 0.25) is 0 Å². The topological polar surface area (TPSA) is 30.5 Å². The zero-order valence-electron chi connectivity index (χ0n) is 12.4. The molecule has 1 aliphatic carbocycles. The second-order valence-electron chi connectivity index (χ2n) is 5.90. The summed E-state index contributed by atoms with van der Waals surface area (Å²) in [4.78, 5) is 1.49. The van der Waals surface area contributed by atoms with Crippen molar-refractivity contribution in [2.45, 2.75) is 45.2 Å². The van der Waals surface area contributed by atoms with E-state index < -0.39 is 0 Å². The minimum atomic E-state index is 0.655. The molecule has 0 amide bonds. The fourth-order valence-corrected chi connectivity index (χ4v) is 4.14. The normalized spacial score (nSPS) is 17.4. The molecule has 3 nitrogen and oxygen atoms in total. The highest BCUT2D eigenvalue weighted by Gasteiger charge is 2.22. The van der Waals surface area contributed by atoms with Gasteiger partial charge in [-0.25, -0.2) is 0 Å². The quantitative estimate of drug-likeness (QED) is 0.909. The van der Waals surface area contributed by atoms with Crippen molar-refractivity contribution in [1.82, 2.24) is 5.32 Å². The maximum absolute atomic E-state index is 5.75. The van der Waals surface area contributed by atoms with Crippen LogP contribution in [0.2, 0.25) is 0 Å². The molecule has 0 radical (unpaired) electrons. The Kier molecular flexibility index (Phi) is 3.51. The lowest BCUT2D eigenvalue weighted by molar-refractivity contribution is 0.172. The molecule has 1 N–H and O–H groups in total. The fourth-order valence-electron chi connectivity index (χ4n) is 2.93. The monoisotopic (exact) mass is 303 g/mol. The third-order valence-corrected chi connectivity index (χ3v) is 5.36. The van der Waals surface area contributed by atoms with Crippen molar-refractivity contribution in [1.29, 1.82) is 0 Å². The van der Waals surface area contributed by atoms with Crippen molar-refractivity contribution in [3.8, 4) is 11.5 Å². The van der Waals surface area contributed by atoms with Gasteiger partial charge in [-0.2, -0.15) is 0 Å². The van der Waals surface area contributed by atoms with Gasteiger partial charge in [-0.3, -0.25) is 0 Å². The molecule has 2 aliphatic rings.